The summed E-state index contributed by atoms with van der Waals surface area (Å²) >= 11 is 0. The molecule has 1 aliphatic carbocycles. The van der Waals surface area contributed by atoms with Gasteiger partial charge in [0.05, 0.1) is 0 Å². The summed E-state index contributed by atoms with van der Waals surface area (Å²) in [5.74, 6) is -6.90. The van der Waals surface area contributed by atoms with E-state index >= 15 is 0 Å². The van der Waals surface area contributed by atoms with Crippen LogP contribution in [-0.2, 0) is 20.1 Å². The quantitative estimate of drug-likeness (QED) is 0.517. The lowest BCUT2D eigenvalue weighted by Gasteiger charge is -2.40. The summed E-state index contributed by atoms with van der Waals surface area (Å²) < 4.78 is 136. The average Bonchev–Trinajstić information content (AvgIpc) is 2.66. The minimum atomic E-state index is -7.02. The minimum absolute atomic E-state index is 0.0398. The fourth-order valence-corrected chi connectivity index (χ4v) is 6.62. The number of rotatable bonds is 5. The van der Waals surface area contributed by atoms with Crippen molar-refractivity contribution in [3.05, 3.63) is 0 Å². The summed E-state index contributed by atoms with van der Waals surface area (Å²) in [5, 5.41) is -13.2. The second-order valence-corrected chi connectivity index (χ2v) is 11.7. The van der Waals surface area contributed by atoms with Crippen molar-refractivity contribution >= 4 is 20.1 Å². The molecular weight excluding hydrogens is 428 g/mol. The van der Waals surface area contributed by atoms with Crippen LogP contribution in [0.25, 0.3) is 0 Å². The SMILES string of the molecule is CC1(C)CC2CC(C)(CN2S(=O)(=O)C(F)(F)C(F)(F)C(F)(F)S(=O)(=O)O)C1. The highest BCUT2D eigenvalue weighted by Crippen LogP contribution is 2.57. The van der Waals surface area contributed by atoms with Gasteiger partial charge in [-0.1, -0.05) is 20.8 Å². The van der Waals surface area contributed by atoms with Gasteiger partial charge in [0.15, 0.2) is 0 Å². The zero-order chi connectivity index (χ0) is 21.5. The highest BCUT2D eigenvalue weighted by Gasteiger charge is 2.83. The summed E-state index contributed by atoms with van der Waals surface area (Å²) in [6, 6.07) is -1.12. The van der Waals surface area contributed by atoms with Crippen LogP contribution in [0.15, 0.2) is 0 Å². The zero-order valence-electron chi connectivity index (χ0n) is 14.5. The fraction of sp³-hybridized carbons (Fsp3) is 1.00. The molecule has 0 aromatic heterocycles. The molecule has 2 bridgehead atoms. The van der Waals surface area contributed by atoms with Crippen molar-refractivity contribution in [2.45, 2.75) is 62.5 Å². The average molecular weight is 447 g/mol. The van der Waals surface area contributed by atoms with Crippen molar-refractivity contribution in [1.29, 1.82) is 0 Å². The number of hydrogen-bond donors (Lipinski definition) is 1. The molecule has 1 saturated heterocycles. The molecule has 0 amide bonds. The molecule has 160 valence electrons. The highest BCUT2D eigenvalue weighted by molar-refractivity contribution is 7.90. The summed E-state index contributed by atoms with van der Waals surface area (Å²) in [4.78, 5) is 0. The Bertz CT molecular complexity index is 841. The molecule has 2 rings (SSSR count). The smallest absolute Gasteiger partial charge is 0.281 e. The lowest BCUT2D eigenvalue weighted by atomic mass is 9.65. The van der Waals surface area contributed by atoms with Gasteiger partial charge in [-0.3, -0.25) is 4.55 Å². The molecule has 2 aliphatic rings. The van der Waals surface area contributed by atoms with Gasteiger partial charge in [-0.2, -0.15) is 39.1 Å². The van der Waals surface area contributed by atoms with Crippen LogP contribution >= 0.6 is 0 Å². The summed E-state index contributed by atoms with van der Waals surface area (Å²) in [7, 11) is -13.4. The van der Waals surface area contributed by atoms with E-state index in [-0.39, 0.29) is 17.1 Å². The van der Waals surface area contributed by atoms with Gasteiger partial charge in [0, 0.05) is 12.6 Å². The van der Waals surface area contributed by atoms with Gasteiger partial charge in [-0.05, 0) is 30.1 Å². The molecule has 0 aromatic carbocycles. The Morgan fingerprint density at radius 3 is 1.85 bits per heavy atom. The first-order valence-electron chi connectivity index (χ1n) is 7.73. The predicted molar refractivity (Wildman–Crippen MR) is 81.5 cm³/mol. The van der Waals surface area contributed by atoms with Crippen LogP contribution < -0.4 is 0 Å². The van der Waals surface area contributed by atoms with Gasteiger partial charge in [-0.25, -0.2) is 8.42 Å². The zero-order valence-corrected chi connectivity index (χ0v) is 16.2. The third kappa shape index (κ3) is 3.15. The molecule has 27 heavy (non-hydrogen) atoms. The van der Waals surface area contributed by atoms with Crippen LogP contribution in [0.5, 0.6) is 0 Å². The standard InChI is InChI=1S/C13H19F6NO5S2/c1-9(2)4-8-5-10(3,6-9)7-20(8)26(21,22)12(16,17)11(14,15)13(18,19)27(23,24)25/h8H,4-7H2,1-3H3,(H,23,24,25). The summed E-state index contributed by atoms with van der Waals surface area (Å²) in [6.45, 7) is 4.44. The van der Waals surface area contributed by atoms with Crippen LogP contribution in [0.4, 0.5) is 26.3 Å². The first-order valence-corrected chi connectivity index (χ1v) is 10.6. The van der Waals surface area contributed by atoms with Crippen molar-refractivity contribution in [3.63, 3.8) is 0 Å². The van der Waals surface area contributed by atoms with Crippen LogP contribution in [0.1, 0.15) is 40.0 Å². The molecule has 2 atom stereocenters. The Morgan fingerprint density at radius 2 is 1.41 bits per heavy atom. The van der Waals surface area contributed by atoms with E-state index in [9.17, 15) is 43.2 Å². The first-order chi connectivity index (χ1) is 11.6. The fourth-order valence-electron chi connectivity index (χ4n) is 4.33. The Labute approximate surface area is 152 Å². The molecule has 0 radical (unpaired) electrons. The van der Waals surface area contributed by atoms with Gasteiger partial charge in [-0.15, -0.1) is 0 Å². The number of sulfonamides is 1. The molecule has 2 fully saturated rings. The van der Waals surface area contributed by atoms with Crippen molar-refractivity contribution < 1.29 is 47.7 Å². The maximum absolute atomic E-state index is 14.2. The molecular formula is C13H19F6NO5S2. The van der Waals surface area contributed by atoms with E-state index in [1.54, 1.807) is 20.8 Å². The van der Waals surface area contributed by atoms with Gasteiger partial charge in [0.25, 0.3) is 10.0 Å². The lowest BCUT2D eigenvalue weighted by molar-refractivity contribution is -0.247. The number of halogens is 6. The molecule has 1 saturated carbocycles. The van der Waals surface area contributed by atoms with E-state index in [0.717, 1.165) is 0 Å². The van der Waals surface area contributed by atoms with Crippen molar-refractivity contribution in [3.8, 4) is 0 Å². The van der Waals surface area contributed by atoms with Crippen molar-refractivity contribution in [1.82, 2.24) is 4.31 Å². The number of hydrogen-bond acceptors (Lipinski definition) is 4. The van der Waals surface area contributed by atoms with Crippen molar-refractivity contribution in [2.75, 3.05) is 6.54 Å². The predicted octanol–water partition coefficient (Wildman–Crippen LogP) is 2.93. The van der Waals surface area contributed by atoms with Crippen LogP contribution in [0.2, 0.25) is 0 Å². The third-order valence-electron chi connectivity index (χ3n) is 5.05. The van der Waals surface area contributed by atoms with E-state index < -0.39 is 60.0 Å². The molecule has 14 heteroatoms. The highest BCUT2D eigenvalue weighted by atomic mass is 32.2. The second kappa shape index (κ2) is 5.72. The van der Waals surface area contributed by atoms with E-state index in [1.165, 1.54) is 0 Å². The van der Waals surface area contributed by atoms with Gasteiger partial charge < -0.3 is 0 Å². The van der Waals surface area contributed by atoms with Gasteiger partial charge >= 0.3 is 26.5 Å². The van der Waals surface area contributed by atoms with Crippen LogP contribution in [0.3, 0.4) is 0 Å². The van der Waals surface area contributed by atoms with Gasteiger partial charge in [0.1, 0.15) is 0 Å². The Morgan fingerprint density at radius 1 is 0.926 bits per heavy atom. The van der Waals surface area contributed by atoms with E-state index in [0.29, 0.717) is 6.42 Å². The monoisotopic (exact) mass is 447 g/mol. The normalized spacial score (nSPS) is 30.5. The Kier molecular flexibility index (Phi) is 4.81. The molecule has 2 unspecified atom stereocenters. The minimum Gasteiger partial charge on any atom is -0.281 e. The molecule has 1 heterocycles. The molecule has 0 spiro atoms. The number of nitrogens with zero attached hydrogens (tertiary/aromatic N) is 1. The molecule has 1 aliphatic heterocycles. The first kappa shape index (κ1) is 22.7. The largest absolute Gasteiger partial charge is 0.439 e. The summed E-state index contributed by atoms with van der Waals surface area (Å²) in [6.07, 6.45) is 0.510. The Balaban J connectivity index is 2.53. The number of fused-ring (bicyclic) bond motifs is 2. The number of alkyl halides is 6. The van der Waals surface area contributed by atoms with Crippen LogP contribution in [-0.4, -0.2) is 54.7 Å². The van der Waals surface area contributed by atoms with E-state index in [1.807, 2.05) is 0 Å². The maximum atomic E-state index is 14.2. The molecule has 1 N–H and O–H groups in total. The second-order valence-electron chi connectivity index (χ2n) is 8.35. The molecule has 0 aromatic rings. The lowest BCUT2D eigenvalue weighted by Crippen LogP contribution is -2.63. The van der Waals surface area contributed by atoms with Crippen molar-refractivity contribution in [2.24, 2.45) is 10.8 Å². The summed E-state index contributed by atoms with van der Waals surface area (Å²) in [5.41, 5.74) is -1.32. The van der Waals surface area contributed by atoms with Gasteiger partial charge in [0.2, 0.25) is 0 Å². The maximum Gasteiger partial charge on any atom is 0.439 e. The Hall–Kier alpha value is -0.600. The third-order valence-corrected chi connectivity index (χ3v) is 7.91. The van der Waals surface area contributed by atoms with E-state index in [4.69, 9.17) is 4.55 Å². The van der Waals surface area contributed by atoms with E-state index in [2.05, 4.69) is 0 Å². The topological polar surface area (TPSA) is 91.8 Å². The molecule has 6 nitrogen and oxygen atoms in total. The van der Waals surface area contributed by atoms with Crippen LogP contribution in [0, 0.1) is 10.8 Å².